The quantitative estimate of drug-likeness (QED) is 0.541. The molecule has 0 amide bonds. The molecular formula is C17H12ClN5. The molecule has 2 aromatic heterocycles. The summed E-state index contributed by atoms with van der Waals surface area (Å²) in [6.45, 7) is 0.582. The van der Waals surface area contributed by atoms with Gasteiger partial charge >= 0.3 is 0 Å². The Balaban J connectivity index is 1.82. The Morgan fingerprint density at radius 2 is 1.57 bits per heavy atom. The number of hydrogen-bond acceptors (Lipinski definition) is 4. The molecule has 2 aromatic carbocycles. The Bertz CT molecular complexity index is 951. The van der Waals surface area contributed by atoms with E-state index < -0.39 is 0 Å². The highest BCUT2D eigenvalue weighted by atomic mass is 35.5. The van der Waals surface area contributed by atoms with Gasteiger partial charge in [-0.2, -0.15) is 0 Å². The van der Waals surface area contributed by atoms with E-state index in [1.54, 1.807) is 4.68 Å². The molecule has 2 heterocycles. The lowest BCUT2D eigenvalue weighted by Crippen LogP contribution is -2.03. The first kappa shape index (κ1) is 13.8. The fraction of sp³-hybridized carbons (Fsp3) is 0.0588. The van der Waals surface area contributed by atoms with E-state index >= 15 is 0 Å². The number of benzene rings is 2. The van der Waals surface area contributed by atoms with Crippen LogP contribution in [0.3, 0.4) is 0 Å². The molecule has 5 nitrogen and oxygen atoms in total. The van der Waals surface area contributed by atoms with Gasteiger partial charge in [0.1, 0.15) is 0 Å². The molecule has 0 aliphatic carbocycles. The summed E-state index contributed by atoms with van der Waals surface area (Å²) in [5.41, 5.74) is 3.18. The van der Waals surface area contributed by atoms with E-state index in [-0.39, 0.29) is 0 Å². The number of fused-ring (bicyclic) bond motifs is 1. The highest BCUT2D eigenvalue weighted by Crippen LogP contribution is 2.23. The molecule has 0 bridgehead atoms. The largest absolute Gasteiger partial charge is 0.222 e. The first-order chi connectivity index (χ1) is 11.3. The van der Waals surface area contributed by atoms with Gasteiger partial charge in [0.05, 0.1) is 6.54 Å². The van der Waals surface area contributed by atoms with Crippen LogP contribution in [0.4, 0.5) is 0 Å². The van der Waals surface area contributed by atoms with Crippen LogP contribution in [0.25, 0.3) is 22.6 Å². The van der Waals surface area contributed by atoms with Crippen molar-refractivity contribution in [1.29, 1.82) is 0 Å². The third-order valence-corrected chi connectivity index (χ3v) is 3.79. The van der Waals surface area contributed by atoms with Gasteiger partial charge in [-0.1, -0.05) is 77.5 Å². The van der Waals surface area contributed by atoms with Crippen LogP contribution in [-0.4, -0.2) is 25.0 Å². The summed E-state index contributed by atoms with van der Waals surface area (Å²) in [5.74, 6) is 0.569. The van der Waals surface area contributed by atoms with Gasteiger partial charge in [0.25, 0.3) is 0 Å². The molecule has 0 radical (unpaired) electrons. The molecule has 4 aromatic rings. The molecule has 0 saturated heterocycles. The zero-order valence-corrected chi connectivity index (χ0v) is 12.9. The topological polar surface area (TPSA) is 56.5 Å². The summed E-state index contributed by atoms with van der Waals surface area (Å²) in [5, 5.41) is 8.58. The minimum absolute atomic E-state index is 0.313. The zero-order chi connectivity index (χ0) is 15.6. The molecule has 6 heteroatoms. The molecule has 0 aliphatic heterocycles. The van der Waals surface area contributed by atoms with Crippen molar-refractivity contribution in [1.82, 2.24) is 25.0 Å². The van der Waals surface area contributed by atoms with Gasteiger partial charge < -0.3 is 0 Å². The van der Waals surface area contributed by atoms with Crippen LogP contribution in [0.1, 0.15) is 5.56 Å². The number of halogens is 1. The number of rotatable bonds is 3. The second-order valence-electron chi connectivity index (χ2n) is 5.11. The van der Waals surface area contributed by atoms with Crippen molar-refractivity contribution in [2.45, 2.75) is 6.54 Å². The van der Waals surface area contributed by atoms with Gasteiger partial charge in [0.2, 0.25) is 0 Å². The van der Waals surface area contributed by atoms with Gasteiger partial charge in [-0.25, -0.2) is 14.6 Å². The number of aromatic nitrogens is 5. The first-order valence-corrected chi connectivity index (χ1v) is 7.55. The van der Waals surface area contributed by atoms with E-state index in [2.05, 4.69) is 20.3 Å². The maximum Gasteiger partial charge on any atom is 0.184 e. The van der Waals surface area contributed by atoms with Crippen LogP contribution in [0, 0.1) is 0 Å². The normalized spacial score (nSPS) is 11.0. The minimum Gasteiger partial charge on any atom is -0.222 e. The average Bonchev–Trinajstić information content (AvgIpc) is 3.00. The van der Waals surface area contributed by atoms with Gasteiger partial charge in [0.15, 0.2) is 22.1 Å². The Morgan fingerprint density at radius 3 is 2.30 bits per heavy atom. The molecule has 0 aliphatic rings. The summed E-state index contributed by atoms with van der Waals surface area (Å²) < 4.78 is 1.74. The van der Waals surface area contributed by atoms with Crippen LogP contribution in [0.15, 0.2) is 60.7 Å². The Kier molecular flexibility index (Phi) is 3.48. The zero-order valence-electron chi connectivity index (χ0n) is 12.1. The molecule has 0 fully saturated rings. The fourth-order valence-electron chi connectivity index (χ4n) is 2.40. The van der Waals surface area contributed by atoms with Gasteiger partial charge in [-0.3, -0.25) is 0 Å². The van der Waals surface area contributed by atoms with E-state index in [4.69, 9.17) is 11.6 Å². The predicted molar refractivity (Wildman–Crippen MR) is 89.1 cm³/mol. The highest BCUT2D eigenvalue weighted by Gasteiger charge is 2.14. The molecule has 0 atom stereocenters. The van der Waals surface area contributed by atoms with E-state index in [0.29, 0.717) is 28.7 Å². The lowest BCUT2D eigenvalue weighted by atomic mass is 10.2. The van der Waals surface area contributed by atoms with Gasteiger partial charge in [-0.05, 0) is 5.56 Å². The van der Waals surface area contributed by atoms with Gasteiger partial charge in [0, 0.05) is 5.56 Å². The third kappa shape index (κ3) is 2.66. The van der Waals surface area contributed by atoms with E-state index in [0.717, 1.165) is 11.1 Å². The number of hydrogen-bond donors (Lipinski definition) is 0. The lowest BCUT2D eigenvalue weighted by Gasteiger charge is -2.04. The van der Waals surface area contributed by atoms with E-state index in [1.807, 2.05) is 60.7 Å². The second-order valence-corrected chi connectivity index (χ2v) is 5.47. The Labute approximate surface area is 137 Å². The molecule has 0 spiro atoms. The van der Waals surface area contributed by atoms with Crippen molar-refractivity contribution in [2.24, 2.45) is 0 Å². The van der Waals surface area contributed by atoms with Crippen LogP contribution >= 0.6 is 11.6 Å². The van der Waals surface area contributed by atoms with E-state index in [9.17, 15) is 0 Å². The van der Waals surface area contributed by atoms with Crippen LogP contribution in [0.5, 0.6) is 0 Å². The average molecular weight is 322 g/mol. The second kappa shape index (κ2) is 5.78. The Hall–Kier alpha value is -2.79. The SMILES string of the molecule is Clc1nc(-c2ccccc2)nc2c1nnn2Cc1ccccc1. The standard InChI is InChI=1S/C17H12ClN5/c18-15-14-17(20-16(19-15)13-9-5-2-6-10-13)23(22-21-14)11-12-7-3-1-4-8-12/h1-10H,11H2. The smallest absolute Gasteiger partial charge is 0.184 e. The maximum absolute atomic E-state index is 6.26. The van der Waals surface area contributed by atoms with Crippen molar-refractivity contribution in [3.8, 4) is 11.4 Å². The van der Waals surface area contributed by atoms with Crippen molar-refractivity contribution in [3.63, 3.8) is 0 Å². The molecule has 4 rings (SSSR count). The molecule has 23 heavy (non-hydrogen) atoms. The minimum atomic E-state index is 0.313. The molecule has 0 saturated carbocycles. The third-order valence-electron chi connectivity index (χ3n) is 3.53. The summed E-state index contributed by atoms with van der Waals surface area (Å²) in [6.07, 6.45) is 0. The number of nitrogens with zero attached hydrogens (tertiary/aromatic N) is 5. The van der Waals surface area contributed by atoms with Crippen LogP contribution < -0.4 is 0 Å². The predicted octanol–water partition coefficient (Wildman–Crippen LogP) is 3.59. The van der Waals surface area contributed by atoms with Crippen molar-refractivity contribution in [3.05, 3.63) is 71.4 Å². The fourth-order valence-corrected chi connectivity index (χ4v) is 2.61. The van der Waals surface area contributed by atoms with Crippen molar-refractivity contribution in [2.75, 3.05) is 0 Å². The lowest BCUT2D eigenvalue weighted by molar-refractivity contribution is 0.664. The van der Waals surface area contributed by atoms with E-state index in [1.165, 1.54) is 0 Å². The summed E-state index contributed by atoms with van der Waals surface area (Å²) >= 11 is 6.26. The summed E-state index contributed by atoms with van der Waals surface area (Å²) in [7, 11) is 0. The molecular weight excluding hydrogens is 310 g/mol. The molecule has 112 valence electrons. The highest BCUT2D eigenvalue weighted by molar-refractivity contribution is 6.33. The Morgan fingerprint density at radius 1 is 0.870 bits per heavy atom. The van der Waals surface area contributed by atoms with Crippen LogP contribution in [0.2, 0.25) is 5.15 Å². The van der Waals surface area contributed by atoms with Crippen LogP contribution in [-0.2, 0) is 6.54 Å². The molecule has 0 unspecified atom stereocenters. The molecule has 0 N–H and O–H groups in total. The summed E-state index contributed by atoms with van der Waals surface area (Å²) in [6, 6.07) is 19.8. The monoisotopic (exact) mass is 321 g/mol. The van der Waals surface area contributed by atoms with Crippen molar-refractivity contribution < 1.29 is 0 Å². The summed E-state index contributed by atoms with van der Waals surface area (Å²) in [4.78, 5) is 8.94. The van der Waals surface area contributed by atoms with Crippen molar-refractivity contribution >= 4 is 22.8 Å². The first-order valence-electron chi connectivity index (χ1n) is 7.17. The maximum atomic E-state index is 6.26. The van der Waals surface area contributed by atoms with Gasteiger partial charge in [-0.15, -0.1) is 5.10 Å².